The Hall–Kier alpha value is -2.35. The number of amides is 1. The molecule has 1 atom stereocenters. The minimum absolute atomic E-state index is 0.0885. The highest BCUT2D eigenvalue weighted by molar-refractivity contribution is 5.73. The zero-order valence-corrected chi connectivity index (χ0v) is 13.2. The van der Waals surface area contributed by atoms with Crippen molar-refractivity contribution in [2.75, 3.05) is 0 Å². The van der Waals surface area contributed by atoms with Gasteiger partial charge < -0.3 is 15.6 Å². The zero-order chi connectivity index (χ0) is 17.3. The lowest BCUT2D eigenvalue weighted by Gasteiger charge is -2.34. The summed E-state index contributed by atoms with van der Waals surface area (Å²) in [6.07, 6.45) is 2.67. The second-order valence-electron chi connectivity index (χ2n) is 6.14. The van der Waals surface area contributed by atoms with E-state index in [4.69, 9.17) is 10.3 Å². The summed E-state index contributed by atoms with van der Waals surface area (Å²) in [5, 5.41) is 6.52. The highest BCUT2D eigenvalue weighted by Gasteiger charge is 2.39. The summed E-state index contributed by atoms with van der Waals surface area (Å²) in [7, 11) is 0. The highest BCUT2D eigenvalue weighted by atomic mass is 19.1. The lowest BCUT2D eigenvalue weighted by Crippen LogP contribution is -2.44. The van der Waals surface area contributed by atoms with Crippen molar-refractivity contribution >= 4 is 5.91 Å². The van der Waals surface area contributed by atoms with Gasteiger partial charge in [0.2, 0.25) is 11.8 Å². The van der Waals surface area contributed by atoms with Crippen molar-refractivity contribution in [3.8, 4) is 0 Å². The molecule has 0 bridgehead atoms. The standard InChI is InChI=1S/C16H18F2N4O2/c1-9(23)20-13(11-4-3-10(17)7-12(11)18)8-14-21-15(22-24-14)16(19)5-2-6-16/h3-4,7,13H,2,5-6,8,19H2,1H3,(H,20,23). The predicted octanol–water partition coefficient (Wildman–Crippen LogP) is 2.11. The third kappa shape index (κ3) is 3.28. The number of carbonyl (C=O) groups excluding carboxylic acids is 1. The number of aromatic nitrogens is 2. The Morgan fingerprint density at radius 2 is 2.21 bits per heavy atom. The van der Waals surface area contributed by atoms with Gasteiger partial charge in [0.05, 0.1) is 18.0 Å². The van der Waals surface area contributed by atoms with Crippen molar-refractivity contribution in [2.45, 2.75) is 44.2 Å². The first-order valence-corrected chi connectivity index (χ1v) is 7.71. The summed E-state index contributed by atoms with van der Waals surface area (Å²) in [5.74, 6) is -1.12. The summed E-state index contributed by atoms with van der Waals surface area (Å²) in [6.45, 7) is 1.32. The third-order valence-corrected chi connectivity index (χ3v) is 4.25. The van der Waals surface area contributed by atoms with Gasteiger partial charge in [0.1, 0.15) is 11.6 Å². The molecular formula is C16H18F2N4O2. The normalized spacial score (nSPS) is 17.2. The van der Waals surface area contributed by atoms with Gasteiger partial charge in [0, 0.05) is 18.6 Å². The van der Waals surface area contributed by atoms with Crippen LogP contribution in [-0.4, -0.2) is 16.0 Å². The molecule has 1 aromatic carbocycles. The van der Waals surface area contributed by atoms with E-state index in [9.17, 15) is 13.6 Å². The molecule has 1 saturated carbocycles. The molecule has 1 amide bonds. The summed E-state index contributed by atoms with van der Waals surface area (Å²) >= 11 is 0. The molecule has 128 valence electrons. The van der Waals surface area contributed by atoms with E-state index in [2.05, 4.69) is 15.5 Å². The van der Waals surface area contributed by atoms with Crippen LogP contribution < -0.4 is 11.1 Å². The van der Waals surface area contributed by atoms with Gasteiger partial charge in [0.15, 0.2) is 5.82 Å². The largest absolute Gasteiger partial charge is 0.349 e. The Bertz CT molecular complexity index is 758. The smallest absolute Gasteiger partial charge is 0.229 e. The number of nitrogens with one attached hydrogen (secondary N) is 1. The molecule has 0 aliphatic heterocycles. The SMILES string of the molecule is CC(=O)NC(Cc1nc(C2(N)CCC2)no1)c1ccc(F)cc1F. The maximum absolute atomic E-state index is 14.0. The Kier molecular flexibility index (Phi) is 4.31. The highest BCUT2D eigenvalue weighted by Crippen LogP contribution is 2.37. The molecule has 3 N–H and O–H groups in total. The number of hydrogen-bond donors (Lipinski definition) is 2. The molecule has 2 aromatic rings. The molecule has 0 spiro atoms. The van der Waals surface area contributed by atoms with Gasteiger partial charge in [0.25, 0.3) is 0 Å². The summed E-state index contributed by atoms with van der Waals surface area (Å²) in [4.78, 5) is 15.7. The number of nitrogens with two attached hydrogens (primary N) is 1. The zero-order valence-electron chi connectivity index (χ0n) is 13.2. The van der Waals surface area contributed by atoms with Gasteiger partial charge in [-0.05, 0) is 25.3 Å². The fourth-order valence-corrected chi connectivity index (χ4v) is 2.76. The van der Waals surface area contributed by atoms with Crippen molar-refractivity contribution in [3.63, 3.8) is 0 Å². The van der Waals surface area contributed by atoms with Crippen molar-refractivity contribution in [2.24, 2.45) is 5.73 Å². The number of nitrogens with zero attached hydrogens (tertiary/aromatic N) is 2. The molecule has 8 heteroatoms. The molecule has 6 nitrogen and oxygen atoms in total. The molecule has 3 rings (SSSR count). The van der Waals surface area contributed by atoms with Crippen LogP contribution in [0.5, 0.6) is 0 Å². The van der Waals surface area contributed by atoms with Gasteiger partial charge in [-0.1, -0.05) is 11.2 Å². The van der Waals surface area contributed by atoms with Crippen molar-refractivity contribution < 1.29 is 18.1 Å². The maximum atomic E-state index is 14.0. The van der Waals surface area contributed by atoms with Crippen LogP contribution in [0.1, 0.15) is 49.5 Å². The van der Waals surface area contributed by atoms with Crippen LogP contribution in [0.15, 0.2) is 22.7 Å². The topological polar surface area (TPSA) is 94.0 Å². The maximum Gasteiger partial charge on any atom is 0.229 e. The van der Waals surface area contributed by atoms with Crippen LogP contribution in [0.3, 0.4) is 0 Å². The van der Waals surface area contributed by atoms with E-state index in [0.29, 0.717) is 5.82 Å². The van der Waals surface area contributed by atoms with Gasteiger partial charge in [-0.25, -0.2) is 8.78 Å². The minimum atomic E-state index is -0.747. The van der Waals surface area contributed by atoms with Crippen LogP contribution in [0.25, 0.3) is 0 Å². The molecule has 24 heavy (non-hydrogen) atoms. The molecule has 1 aromatic heterocycles. The number of benzene rings is 1. The Labute approximate surface area is 137 Å². The molecule has 1 heterocycles. The number of carbonyl (C=O) groups is 1. The van der Waals surface area contributed by atoms with Crippen LogP contribution in [-0.2, 0) is 16.8 Å². The average Bonchev–Trinajstić information content (AvgIpc) is 2.92. The van der Waals surface area contributed by atoms with E-state index in [1.807, 2.05) is 0 Å². The van der Waals surface area contributed by atoms with E-state index in [1.54, 1.807) is 0 Å². The van der Waals surface area contributed by atoms with Crippen molar-refractivity contribution in [3.05, 3.63) is 47.1 Å². The van der Waals surface area contributed by atoms with E-state index in [1.165, 1.54) is 13.0 Å². The van der Waals surface area contributed by atoms with E-state index in [-0.39, 0.29) is 23.8 Å². The van der Waals surface area contributed by atoms with Gasteiger partial charge >= 0.3 is 0 Å². The first kappa shape index (κ1) is 16.5. The van der Waals surface area contributed by atoms with E-state index >= 15 is 0 Å². The Morgan fingerprint density at radius 1 is 1.46 bits per heavy atom. The summed E-state index contributed by atoms with van der Waals surface area (Å²) < 4.78 is 32.3. The van der Waals surface area contributed by atoms with Crippen LogP contribution in [0.4, 0.5) is 8.78 Å². The van der Waals surface area contributed by atoms with Crippen LogP contribution in [0, 0.1) is 11.6 Å². The number of rotatable bonds is 5. The lowest BCUT2D eigenvalue weighted by molar-refractivity contribution is -0.119. The summed E-state index contributed by atoms with van der Waals surface area (Å²) in [6, 6.07) is 2.45. The number of halogens is 2. The molecule has 0 radical (unpaired) electrons. The molecular weight excluding hydrogens is 318 g/mol. The fraction of sp³-hybridized carbons (Fsp3) is 0.438. The number of hydrogen-bond acceptors (Lipinski definition) is 5. The molecule has 0 saturated heterocycles. The first-order chi connectivity index (χ1) is 11.4. The minimum Gasteiger partial charge on any atom is -0.349 e. The molecule has 1 aliphatic carbocycles. The van der Waals surface area contributed by atoms with Gasteiger partial charge in [-0.15, -0.1) is 0 Å². The average molecular weight is 336 g/mol. The molecule has 1 fully saturated rings. The fourth-order valence-electron chi connectivity index (χ4n) is 2.76. The van der Waals surface area contributed by atoms with Crippen LogP contribution >= 0.6 is 0 Å². The molecule has 1 aliphatic rings. The van der Waals surface area contributed by atoms with Gasteiger partial charge in [-0.3, -0.25) is 4.79 Å². The first-order valence-electron chi connectivity index (χ1n) is 7.71. The Balaban J connectivity index is 1.83. The Morgan fingerprint density at radius 3 is 2.79 bits per heavy atom. The van der Waals surface area contributed by atoms with Gasteiger partial charge in [-0.2, -0.15) is 4.98 Å². The second-order valence-corrected chi connectivity index (χ2v) is 6.14. The second kappa shape index (κ2) is 6.27. The quantitative estimate of drug-likeness (QED) is 0.872. The van der Waals surface area contributed by atoms with Crippen molar-refractivity contribution in [1.29, 1.82) is 0 Å². The summed E-state index contributed by atoms with van der Waals surface area (Å²) in [5.41, 5.74) is 5.73. The predicted molar refractivity (Wildman–Crippen MR) is 80.6 cm³/mol. The lowest BCUT2D eigenvalue weighted by atomic mass is 9.77. The third-order valence-electron chi connectivity index (χ3n) is 4.25. The van der Waals surface area contributed by atoms with Crippen LogP contribution in [0.2, 0.25) is 0 Å². The monoisotopic (exact) mass is 336 g/mol. The molecule has 1 unspecified atom stereocenters. The van der Waals surface area contributed by atoms with E-state index < -0.39 is 23.2 Å². The van der Waals surface area contributed by atoms with E-state index in [0.717, 1.165) is 31.4 Å². The van der Waals surface area contributed by atoms with Crippen molar-refractivity contribution in [1.82, 2.24) is 15.5 Å².